The lowest BCUT2D eigenvalue weighted by atomic mass is 10.0. The van der Waals surface area contributed by atoms with Crippen LogP contribution in [-0.2, 0) is 9.59 Å². The van der Waals surface area contributed by atoms with E-state index >= 15 is 0 Å². The number of carbonyl (C=O) groups excluding carboxylic acids is 2. The van der Waals surface area contributed by atoms with Gasteiger partial charge >= 0.3 is 0 Å². The van der Waals surface area contributed by atoms with E-state index in [2.05, 4.69) is 31.7 Å². The molecule has 1 saturated heterocycles. The number of Topliss-reactive ketones (excluding diaryl/α,β-unsaturated/α-hetero) is 1. The highest BCUT2D eigenvalue weighted by atomic mass is 16.1. The highest BCUT2D eigenvalue weighted by molar-refractivity contribution is 5.85. The summed E-state index contributed by atoms with van der Waals surface area (Å²) in [6, 6.07) is 0.0412. The fourth-order valence-electron chi connectivity index (χ4n) is 5.39. The van der Waals surface area contributed by atoms with Gasteiger partial charge in [0.25, 0.3) is 0 Å². The van der Waals surface area contributed by atoms with Crippen LogP contribution in [0.4, 0.5) is 0 Å². The van der Waals surface area contributed by atoms with Gasteiger partial charge in [-0.3, -0.25) is 9.59 Å². The van der Waals surface area contributed by atoms with Gasteiger partial charge in [0.1, 0.15) is 6.54 Å². The number of hydrogen-bond acceptors (Lipinski definition) is 3. The largest absolute Gasteiger partial charge is 0.356 e. The zero-order chi connectivity index (χ0) is 26.3. The number of nitrogens with one attached hydrogen (secondary N) is 2. The van der Waals surface area contributed by atoms with E-state index in [4.69, 9.17) is 0 Å². The molecule has 36 heavy (non-hydrogen) atoms. The van der Waals surface area contributed by atoms with Crippen molar-refractivity contribution in [2.75, 3.05) is 40.3 Å². The lowest BCUT2D eigenvalue weighted by molar-refractivity contribution is -0.882. The minimum Gasteiger partial charge on any atom is -0.356 e. The van der Waals surface area contributed by atoms with Gasteiger partial charge in [0.2, 0.25) is 11.7 Å². The van der Waals surface area contributed by atoms with Gasteiger partial charge in [0.05, 0.1) is 26.7 Å². The molecule has 212 valence electrons. The smallest absolute Gasteiger partial charge is 0.219 e. The van der Waals surface area contributed by atoms with Gasteiger partial charge in [-0.2, -0.15) is 0 Å². The number of unbranched alkanes of at least 4 members (excludes halogenated alkanes) is 14. The van der Waals surface area contributed by atoms with Gasteiger partial charge < -0.3 is 15.1 Å². The molecule has 0 radical (unpaired) electrons. The maximum Gasteiger partial charge on any atom is 0.219 e. The summed E-state index contributed by atoms with van der Waals surface area (Å²) in [6.07, 6.45) is 26.3. The quantitative estimate of drug-likeness (QED) is 0.116. The second kappa shape index (κ2) is 22.1. The van der Waals surface area contributed by atoms with Crippen molar-refractivity contribution in [3.05, 3.63) is 0 Å². The summed E-state index contributed by atoms with van der Waals surface area (Å²) in [5.74, 6) is 0.535. The van der Waals surface area contributed by atoms with Gasteiger partial charge in [0, 0.05) is 19.4 Å². The van der Waals surface area contributed by atoms with Gasteiger partial charge in [-0.15, -0.1) is 0 Å². The average Bonchev–Trinajstić information content (AvgIpc) is 3.14. The van der Waals surface area contributed by atoms with Gasteiger partial charge in [0.15, 0.2) is 0 Å². The van der Waals surface area contributed by atoms with E-state index < -0.39 is 0 Å². The Morgan fingerprint density at radius 1 is 0.750 bits per heavy atom. The molecule has 1 amide bonds. The number of ketones is 1. The van der Waals surface area contributed by atoms with Crippen molar-refractivity contribution in [3.63, 3.8) is 0 Å². The van der Waals surface area contributed by atoms with Crippen LogP contribution in [0.5, 0.6) is 0 Å². The van der Waals surface area contributed by atoms with Crippen LogP contribution in [0.3, 0.4) is 0 Å². The molecule has 1 heterocycles. The van der Waals surface area contributed by atoms with Gasteiger partial charge in [-0.25, -0.2) is 0 Å². The molecule has 0 bridgehead atoms. The molecule has 0 aromatic heterocycles. The minimum absolute atomic E-state index is 0.0412. The Kier molecular flexibility index (Phi) is 20.3. The number of likely N-dealkylation sites (N-methyl/N-ethyl adjacent to an activating group) is 1. The van der Waals surface area contributed by atoms with E-state index in [0.29, 0.717) is 23.2 Å². The van der Waals surface area contributed by atoms with Crippen molar-refractivity contribution in [2.45, 2.75) is 148 Å². The first-order valence-electron chi connectivity index (χ1n) is 15.8. The molecule has 0 aromatic carbocycles. The molecule has 5 heteroatoms. The molecule has 1 rings (SSSR count). The first-order valence-corrected chi connectivity index (χ1v) is 15.8. The predicted octanol–water partition coefficient (Wildman–Crippen LogP) is 6.93. The van der Waals surface area contributed by atoms with Crippen molar-refractivity contribution in [1.29, 1.82) is 0 Å². The average molecular weight is 509 g/mol. The van der Waals surface area contributed by atoms with Crippen LogP contribution in [0.25, 0.3) is 0 Å². The van der Waals surface area contributed by atoms with Gasteiger partial charge in [-0.05, 0) is 25.8 Å². The van der Waals surface area contributed by atoms with Crippen molar-refractivity contribution >= 4 is 11.7 Å². The zero-order valence-corrected chi connectivity index (χ0v) is 24.5. The summed E-state index contributed by atoms with van der Waals surface area (Å²) < 4.78 is 0.700. The van der Waals surface area contributed by atoms with Crippen LogP contribution in [0, 0.1) is 0 Å². The van der Waals surface area contributed by atoms with E-state index in [9.17, 15) is 9.59 Å². The summed E-state index contributed by atoms with van der Waals surface area (Å²) in [4.78, 5) is 24.8. The molecule has 1 aliphatic heterocycles. The van der Waals surface area contributed by atoms with Crippen LogP contribution in [0.2, 0.25) is 0 Å². The molecule has 1 unspecified atom stereocenters. The lowest BCUT2D eigenvalue weighted by Crippen LogP contribution is -2.50. The zero-order valence-electron chi connectivity index (χ0n) is 24.5. The lowest BCUT2D eigenvalue weighted by Gasteiger charge is -2.30. The van der Waals surface area contributed by atoms with Gasteiger partial charge in [-0.1, -0.05) is 110 Å². The number of nitrogens with zero attached hydrogens (tertiary/aromatic N) is 1. The van der Waals surface area contributed by atoms with Crippen molar-refractivity contribution in [2.24, 2.45) is 0 Å². The minimum atomic E-state index is 0.0412. The number of rotatable bonds is 23. The topological polar surface area (TPSA) is 58.2 Å². The second-order valence-electron chi connectivity index (χ2n) is 12.0. The monoisotopic (exact) mass is 508 g/mol. The fourth-order valence-corrected chi connectivity index (χ4v) is 5.39. The summed E-state index contributed by atoms with van der Waals surface area (Å²) in [5, 5.41) is 6.51. The SMILES string of the molecule is CCCCCCCCCCCCCCCCCC(=O)NCCC[N+](C)(C)CC(=O)C1CCCCCN1. The molecular weight excluding hydrogens is 446 g/mol. The fraction of sp³-hybridized carbons (Fsp3) is 0.935. The van der Waals surface area contributed by atoms with E-state index in [1.165, 1.54) is 103 Å². The third-order valence-electron chi connectivity index (χ3n) is 7.80. The van der Waals surface area contributed by atoms with E-state index in [-0.39, 0.29) is 11.9 Å². The highest BCUT2D eigenvalue weighted by Crippen LogP contribution is 2.14. The van der Waals surface area contributed by atoms with Crippen molar-refractivity contribution in [1.82, 2.24) is 10.6 Å². The van der Waals surface area contributed by atoms with Crippen LogP contribution >= 0.6 is 0 Å². The number of hydrogen-bond donors (Lipinski definition) is 2. The molecule has 1 fully saturated rings. The Labute approximate surface area is 224 Å². The molecular formula is C31H62N3O2+. The summed E-state index contributed by atoms with van der Waals surface area (Å²) in [7, 11) is 4.26. The molecule has 1 atom stereocenters. The molecule has 0 aromatic rings. The second-order valence-corrected chi connectivity index (χ2v) is 12.0. The maximum absolute atomic E-state index is 12.7. The van der Waals surface area contributed by atoms with Crippen LogP contribution in [0.1, 0.15) is 142 Å². The van der Waals surface area contributed by atoms with E-state index in [1.54, 1.807) is 0 Å². The molecule has 0 spiro atoms. The predicted molar refractivity (Wildman–Crippen MR) is 154 cm³/mol. The summed E-state index contributed by atoms with van der Waals surface area (Å²) >= 11 is 0. The van der Waals surface area contributed by atoms with Crippen LogP contribution in [0.15, 0.2) is 0 Å². The van der Waals surface area contributed by atoms with E-state index in [0.717, 1.165) is 45.3 Å². The number of amides is 1. The summed E-state index contributed by atoms with van der Waals surface area (Å²) in [6.45, 7) is 5.45. The summed E-state index contributed by atoms with van der Waals surface area (Å²) in [5.41, 5.74) is 0. The molecule has 2 N–H and O–H groups in total. The van der Waals surface area contributed by atoms with Crippen LogP contribution < -0.4 is 10.6 Å². The Hall–Kier alpha value is -0.940. The normalized spacial score (nSPS) is 16.6. The number of carbonyl (C=O) groups is 2. The third kappa shape index (κ3) is 19.2. The number of quaternary nitrogens is 1. The first-order chi connectivity index (χ1) is 17.4. The van der Waals surface area contributed by atoms with Crippen LogP contribution in [-0.4, -0.2) is 62.5 Å². The molecule has 5 nitrogen and oxygen atoms in total. The van der Waals surface area contributed by atoms with Crippen molar-refractivity contribution in [3.8, 4) is 0 Å². The Bertz CT molecular complexity index is 542. The standard InChI is InChI=1S/C31H61N3O2/c1-4-5-6-7-8-9-10-11-12-13-14-15-16-17-20-24-31(36)33-26-22-27-34(2,3)28-30(35)29-23-19-18-21-25-32-29/h29,32H,4-28H2,1-3H3/p+1. The third-order valence-corrected chi connectivity index (χ3v) is 7.80. The Morgan fingerprint density at radius 2 is 1.31 bits per heavy atom. The Balaban J connectivity index is 1.90. The molecule has 0 saturated carbocycles. The molecule has 1 aliphatic rings. The first kappa shape index (κ1) is 33.1. The maximum atomic E-state index is 12.7. The molecule has 0 aliphatic carbocycles. The Morgan fingerprint density at radius 3 is 1.89 bits per heavy atom. The van der Waals surface area contributed by atoms with Crippen molar-refractivity contribution < 1.29 is 14.1 Å². The van der Waals surface area contributed by atoms with E-state index in [1.807, 2.05) is 0 Å². The highest BCUT2D eigenvalue weighted by Gasteiger charge is 2.26.